The summed E-state index contributed by atoms with van der Waals surface area (Å²) < 4.78 is 7.09. The highest BCUT2D eigenvalue weighted by atomic mass is 35.5. The molecule has 1 fully saturated rings. The van der Waals surface area contributed by atoms with E-state index in [1.165, 1.54) is 22.0 Å². The van der Waals surface area contributed by atoms with Crippen LogP contribution in [0.2, 0.25) is 5.28 Å². The van der Waals surface area contributed by atoms with E-state index >= 15 is 0 Å². The number of aliphatic hydroxyl groups is 3. The van der Waals surface area contributed by atoms with E-state index in [9.17, 15) is 15.3 Å². The van der Waals surface area contributed by atoms with Crippen LogP contribution in [-0.2, 0) is 4.74 Å². The van der Waals surface area contributed by atoms with Crippen LogP contribution in [0, 0.1) is 0 Å². The highest BCUT2D eigenvalue weighted by molar-refractivity contribution is 6.28. The number of benzene rings is 1. The number of fused-ring (bicyclic) bond motifs is 1. The van der Waals surface area contributed by atoms with Gasteiger partial charge in [-0.15, -0.1) is 0 Å². The minimum atomic E-state index is -1.25. The Hall–Kier alpha value is -2.60. The Labute approximate surface area is 188 Å². The van der Waals surface area contributed by atoms with Crippen molar-refractivity contribution < 1.29 is 20.1 Å². The number of anilines is 1. The summed E-state index contributed by atoms with van der Waals surface area (Å²) in [6.07, 6.45) is 0.151. The maximum absolute atomic E-state index is 10.4. The van der Waals surface area contributed by atoms with Crippen LogP contribution < -0.4 is 5.43 Å². The molecule has 1 aromatic carbocycles. The summed E-state index contributed by atoms with van der Waals surface area (Å²) in [7, 11) is 0. The third kappa shape index (κ3) is 3.85. The largest absolute Gasteiger partial charge is 0.394 e. The second-order valence-corrected chi connectivity index (χ2v) is 8.14. The molecular formula is C21H23ClN6O4. The lowest BCUT2D eigenvalue weighted by Gasteiger charge is -2.27. The van der Waals surface area contributed by atoms with Gasteiger partial charge >= 0.3 is 0 Å². The Kier molecular flexibility index (Phi) is 5.80. The molecule has 2 aliphatic rings. The molecule has 0 aliphatic carbocycles. The topological polar surface area (TPSA) is 129 Å². The van der Waals surface area contributed by atoms with Crippen LogP contribution in [0.3, 0.4) is 0 Å². The molecule has 4 N–H and O–H groups in total. The van der Waals surface area contributed by atoms with Crippen LogP contribution in [0.4, 0.5) is 5.82 Å². The monoisotopic (exact) mass is 458 g/mol. The second kappa shape index (κ2) is 8.74. The Balaban J connectivity index is 1.39. The van der Waals surface area contributed by atoms with Gasteiger partial charge in [-0.05, 0) is 29.2 Å². The predicted octanol–water partition coefficient (Wildman–Crippen LogP) is 1.21. The molecule has 32 heavy (non-hydrogen) atoms. The molecule has 4 heterocycles. The van der Waals surface area contributed by atoms with Gasteiger partial charge in [-0.3, -0.25) is 4.57 Å². The molecule has 0 bridgehead atoms. The average Bonchev–Trinajstić information content (AvgIpc) is 3.35. The summed E-state index contributed by atoms with van der Waals surface area (Å²) in [6.45, 7) is 1.01. The first-order valence-electron chi connectivity index (χ1n) is 10.3. The van der Waals surface area contributed by atoms with Gasteiger partial charge in [0.2, 0.25) is 5.28 Å². The van der Waals surface area contributed by atoms with Crippen molar-refractivity contribution in [2.24, 2.45) is 0 Å². The van der Waals surface area contributed by atoms with E-state index in [1.54, 1.807) is 0 Å². The van der Waals surface area contributed by atoms with Gasteiger partial charge in [-0.1, -0.05) is 36.4 Å². The van der Waals surface area contributed by atoms with Crippen molar-refractivity contribution in [1.29, 1.82) is 0 Å². The summed E-state index contributed by atoms with van der Waals surface area (Å²) in [5.74, 6) is 0.432. The van der Waals surface area contributed by atoms with Crippen molar-refractivity contribution in [3.8, 4) is 0 Å². The van der Waals surface area contributed by atoms with E-state index in [4.69, 9.17) is 16.3 Å². The van der Waals surface area contributed by atoms with Crippen LogP contribution in [0.25, 0.3) is 16.7 Å². The first-order chi connectivity index (χ1) is 15.5. The molecule has 4 atom stereocenters. The van der Waals surface area contributed by atoms with Crippen molar-refractivity contribution >= 4 is 34.2 Å². The van der Waals surface area contributed by atoms with Crippen molar-refractivity contribution in [3.05, 3.63) is 53.6 Å². The maximum Gasteiger partial charge on any atom is 0.226 e. The van der Waals surface area contributed by atoms with Gasteiger partial charge in [0.15, 0.2) is 23.2 Å². The number of aromatic nitrogens is 4. The molecule has 11 heteroatoms. The fraction of sp³-hybridized carbons (Fsp3) is 0.381. The molecule has 10 nitrogen and oxygen atoms in total. The Morgan fingerprint density at radius 1 is 1.16 bits per heavy atom. The normalized spacial score (nSPS) is 26.4. The highest BCUT2D eigenvalue weighted by Gasteiger charge is 2.44. The molecule has 0 spiro atoms. The zero-order valence-corrected chi connectivity index (χ0v) is 17.8. The summed E-state index contributed by atoms with van der Waals surface area (Å²) >= 11 is 6.17. The van der Waals surface area contributed by atoms with E-state index < -0.39 is 31.1 Å². The second-order valence-electron chi connectivity index (χ2n) is 7.80. The van der Waals surface area contributed by atoms with Gasteiger partial charge in [-0.2, -0.15) is 9.97 Å². The van der Waals surface area contributed by atoms with E-state index in [1.807, 2.05) is 23.2 Å². The number of aliphatic hydroxyl groups excluding tert-OH is 3. The van der Waals surface area contributed by atoms with E-state index in [0.29, 0.717) is 23.5 Å². The van der Waals surface area contributed by atoms with Gasteiger partial charge in [0.1, 0.15) is 18.3 Å². The number of imidazole rings is 1. The lowest BCUT2D eigenvalue weighted by atomic mass is 10.0. The van der Waals surface area contributed by atoms with Crippen LogP contribution in [-0.4, -0.2) is 77.9 Å². The molecule has 0 amide bonds. The molecular weight excluding hydrogens is 436 g/mol. The molecule has 2 aliphatic heterocycles. The van der Waals surface area contributed by atoms with Crippen molar-refractivity contribution in [3.63, 3.8) is 0 Å². The molecule has 0 saturated carbocycles. The lowest BCUT2D eigenvalue weighted by molar-refractivity contribution is -0.0511. The number of hydrazine groups is 1. The Bertz CT molecular complexity index is 1140. The molecule has 0 radical (unpaired) electrons. The van der Waals surface area contributed by atoms with Gasteiger partial charge in [-0.25, -0.2) is 9.99 Å². The lowest BCUT2D eigenvalue weighted by Crippen LogP contribution is -2.34. The molecule has 5 rings (SSSR count). The Morgan fingerprint density at radius 3 is 2.66 bits per heavy atom. The van der Waals surface area contributed by atoms with E-state index in [2.05, 4.69) is 38.6 Å². The highest BCUT2D eigenvalue weighted by Crippen LogP contribution is 2.33. The van der Waals surface area contributed by atoms with Gasteiger partial charge in [0.25, 0.3) is 0 Å². The molecule has 2 unspecified atom stereocenters. The van der Waals surface area contributed by atoms with E-state index in [0.717, 1.165) is 13.0 Å². The average molecular weight is 459 g/mol. The fourth-order valence-electron chi connectivity index (χ4n) is 4.10. The molecule has 168 valence electrons. The number of hydrogen-bond acceptors (Lipinski definition) is 9. The van der Waals surface area contributed by atoms with Gasteiger partial charge in [0.05, 0.1) is 12.9 Å². The number of nitrogens with one attached hydrogen (secondary N) is 1. The number of hydrogen-bond donors (Lipinski definition) is 4. The number of rotatable bonds is 5. The zero-order valence-electron chi connectivity index (χ0n) is 17.0. The number of ether oxygens (including phenoxy) is 1. The van der Waals surface area contributed by atoms with Crippen molar-refractivity contribution in [2.45, 2.75) is 31.0 Å². The first-order valence-corrected chi connectivity index (χ1v) is 10.7. The summed E-state index contributed by atoms with van der Waals surface area (Å²) in [4.78, 5) is 12.9. The van der Waals surface area contributed by atoms with Crippen LogP contribution >= 0.6 is 11.6 Å². The number of halogens is 1. The third-order valence-corrected chi connectivity index (χ3v) is 5.97. The maximum atomic E-state index is 10.4. The fourth-order valence-corrected chi connectivity index (χ4v) is 4.26. The van der Waals surface area contributed by atoms with Crippen molar-refractivity contribution in [1.82, 2.24) is 24.5 Å². The first kappa shape index (κ1) is 21.3. The van der Waals surface area contributed by atoms with Gasteiger partial charge in [0, 0.05) is 13.1 Å². The summed E-state index contributed by atoms with van der Waals surface area (Å²) in [6, 6.07) is 10.3. The van der Waals surface area contributed by atoms with Crippen LogP contribution in [0.15, 0.2) is 42.7 Å². The SMILES string of the molecule is OC[C@H]1O[C@@H](n2cnc3c(NN4CC=C(c5ccccc5)CC4)nc(Cl)nc32)C(O)C1O. The quantitative estimate of drug-likeness (QED) is 0.417. The smallest absolute Gasteiger partial charge is 0.226 e. The minimum Gasteiger partial charge on any atom is -0.394 e. The summed E-state index contributed by atoms with van der Waals surface area (Å²) in [5, 5.41) is 31.8. The molecule has 1 saturated heterocycles. The third-order valence-electron chi connectivity index (χ3n) is 5.80. The van der Waals surface area contributed by atoms with Crippen LogP contribution in [0.1, 0.15) is 18.2 Å². The standard InChI is InChI=1S/C21H23ClN6O4/c22-21-24-18(26-27-8-6-13(7-9-27)12-4-2-1-3-5-12)15-19(25-21)28(11-23-15)20-17(31)16(30)14(10-29)32-20/h1-6,11,14,16-17,20,29-31H,7-10H2,(H,24,25,26)/t14-,16?,17?,20-/m1/s1. The summed E-state index contributed by atoms with van der Waals surface area (Å²) in [5.41, 5.74) is 6.58. The number of nitrogens with zero attached hydrogens (tertiary/aromatic N) is 5. The zero-order chi connectivity index (χ0) is 22.2. The van der Waals surface area contributed by atoms with Crippen molar-refractivity contribution in [2.75, 3.05) is 25.1 Å². The Morgan fingerprint density at radius 2 is 1.97 bits per heavy atom. The van der Waals surface area contributed by atoms with Crippen LogP contribution in [0.5, 0.6) is 0 Å². The predicted molar refractivity (Wildman–Crippen MR) is 118 cm³/mol. The molecule has 2 aromatic heterocycles. The molecule has 3 aromatic rings. The van der Waals surface area contributed by atoms with E-state index in [-0.39, 0.29) is 5.28 Å². The minimum absolute atomic E-state index is 0.00557. The van der Waals surface area contributed by atoms with Gasteiger partial charge < -0.3 is 25.5 Å².